The third kappa shape index (κ3) is 5.49. The van der Waals surface area contributed by atoms with Crippen LogP contribution in [-0.2, 0) is 20.7 Å². The van der Waals surface area contributed by atoms with E-state index < -0.39 is 35.2 Å². The molecule has 0 spiro atoms. The van der Waals surface area contributed by atoms with E-state index in [9.17, 15) is 18.4 Å². The minimum atomic E-state index is -1.06. The lowest BCUT2D eigenvalue weighted by molar-refractivity contribution is -0.158. The summed E-state index contributed by atoms with van der Waals surface area (Å²) in [6.07, 6.45) is -0.350. The number of carbonyl (C=O) groups excluding carboxylic acids is 2. The van der Waals surface area contributed by atoms with Gasteiger partial charge in [-0.2, -0.15) is 0 Å². The summed E-state index contributed by atoms with van der Waals surface area (Å²) in [4.78, 5) is 23.4. The molecule has 116 valence electrons. The molecule has 1 aromatic rings. The van der Waals surface area contributed by atoms with Crippen LogP contribution < -0.4 is 5.32 Å². The predicted octanol–water partition coefficient (Wildman–Crippen LogP) is 2.35. The van der Waals surface area contributed by atoms with E-state index in [1.165, 1.54) is 19.1 Å². The van der Waals surface area contributed by atoms with E-state index >= 15 is 0 Å². The van der Waals surface area contributed by atoms with Crippen LogP contribution in [0.2, 0.25) is 0 Å². The summed E-state index contributed by atoms with van der Waals surface area (Å²) in [7, 11) is 0. The minimum Gasteiger partial charge on any atom is -0.458 e. The van der Waals surface area contributed by atoms with Gasteiger partial charge in [-0.25, -0.2) is 13.6 Å². The Morgan fingerprint density at radius 1 is 1.29 bits per heavy atom. The number of ether oxygens (including phenoxy) is 1. The number of benzene rings is 1. The maximum Gasteiger partial charge on any atom is 0.328 e. The van der Waals surface area contributed by atoms with Gasteiger partial charge in [-0.1, -0.05) is 12.1 Å². The monoisotopic (exact) mass is 299 g/mol. The lowest BCUT2D eigenvalue weighted by Gasteiger charge is -2.22. The highest BCUT2D eigenvalue weighted by Crippen LogP contribution is 2.12. The number of carbonyl (C=O) groups is 2. The van der Waals surface area contributed by atoms with Gasteiger partial charge in [-0.3, -0.25) is 4.79 Å². The van der Waals surface area contributed by atoms with Gasteiger partial charge in [-0.15, -0.1) is 0 Å². The van der Waals surface area contributed by atoms with Crippen molar-refractivity contribution in [1.29, 1.82) is 0 Å². The molecule has 1 N–H and O–H groups in total. The van der Waals surface area contributed by atoms with E-state index in [2.05, 4.69) is 5.32 Å². The molecular formula is C15H19F2NO3. The first-order valence-electron chi connectivity index (χ1n) is 6.55. The standard InChI is InChI=1S/C15H19F2NO3/c1-9(14(20)21-15(2,3)4)18-12(19)8-10-6-5-7-11(16)13(10)17/h5-7,9H,8H2,1-4H3,(H,18,19)/t9-/m1/s1. The van der Waals surface area contributed by atoms with Crippen molar-refractivity contribution in [1.82, 2.24) is 5.32 Å². The Balaban J connectivity index is 2.61. The molecule has 0 aliphatic rings. The highest BCUT2D eigenvalue weighted by molar-refractivity contribution is 5.85. The molecule has 0 bridgehead atoms. The molecule has 0 saturated heterocycles. The van der Waals surface area contributed by atoms with Gasteiger partial charge >= 0.3 is 5.97 Å². The van der Waals surface area contributed by atoms with Crippen molar-refractivity contribution < 1.29 is 23.1 Å². The van der Waals surface area contributed by atoms with Crippen molar-refractivity contribution in [2.24, 2.45) is 0 Å². The summed E-state index contributed by atoms with van der Waals surface area (Å²) < 4.78 is 31.6. The number of hydrogen-bond acceptors (Lipinski definition) is 3. The number of nitrogens with one attached hydrogen (secondary N) is 1. The quantitative estimate of drug-likeness (QED) is 0.868. The van der Waals surface area contributed by atoms with Crippen LogP contribution in [0.25, 0.3) is 0 Å². The maximum atomic E-state index is 13.4. The summed E-state index contributed by atoms with van der Waals surface area (Å²) in [5, 5.41) is 2.39. The predicted molar refractivity (Wildman–Crippen MR) is 73.5 cm³/mol. The van der Waals surface area contributed by atoms with Gasteiger partial charge in [0.1, 0.15) is 11.6 Å². The SMILES string of the molecule is C[C@@H](NC(=O)Cc1cccc(F)c1F)C(=O)OC(C)(C)C. The minimum absolute atomic E-state index is 0.0658. The summed E-state index contributed by atoms with van der Waals surface area (Å²) in [6, 6.07) is 2.74. The van der Waals surface area contributed by atoms with Gasteiger partial charge in [0, 0.05) is 5.56 Å². The van der Waals surface area contributed by atoms with Crippen LogP contribution in [0.3, 0.4) is 0 Å². The van der Waals surface area contributed by atoms with Crippen LogP contribution in [0.4, 0.5) is 8.78 Å². The molecule has 0 saturated carbocycles. The van der Waals surface area contributed by atoms with E-state index in [1.807, 2.05) is 0 Å². The Bertz CT molecular complexity index is 538. The molecule has 0 aliphatic heterocycles. The highest BCUT2D eigenvalue weighted by Gasteiger charge is 2.23. The first-order valence-corrected chi connectivity index (χ1v) is 6.55. The molecule has 21 heavy (non-hydrogen) atoms. The third-order valence-electron chi connectivity index (χ3n) is 2.52. The Hall–Kier alpha value is -1.98. The second kappa shape index (κ2) is 6.65. The zero-order chi connectivity index (χ0) is 16.2. The van der Waals surface area contributed by atoms with Gasteiger partial charge in [0.15, 0.2) is 11.6 Å². The maximum absolute atomic E-state index is 13.4. The van der Waals surface area contributed by atoms with Gasteiger partial charge in [0.05, 0.1) is 6.42 Å². The fraction of sp³-hybridized carbons (Fsp3) is 0.467. The molecule has 6 heteroatoms. The molecule has 1 rings (SSSR count). The van der Waals surface area contributed by atoms with Crippen molar-refractivity contribution in [3.05, 3.63) is 35.4 Å². The van der Waals surface area contributed by atoms with Crippen LogP contribution in [0.1, 0.15) is 33.3 Å². The summed E-state index contributed by atoms with van der Waals surface area (Å²) in [5.41, 5.74) is -0.728. The Morgan fingerprint density at radius 3 is 2.48 bits per heavy atom. The summed E-state index contributed by atoms with van der Waals surface area (Å²) >= 11 is 0. The molecule has 1 aromatic carbocycles. The molecule has 1 atom stereocenters. The van der Waals surface area contributed by atoms with Crippen LogP contribution in [0.15, 0.2) is 18.2 Å². The van der Waals surface area contributed by atoms with Gasteiger partial charge in [0.25, 0.3) is 0 Å². The van der Waals surface area contributed by atoms with Crippen LogP contribution in [-0.4, -0.2) is 23.5 Å². The third-order valence-corrected chi connectivity index (χ3v) is 2.52. The van der Waals surface area contributed by atoms with E-state index in [0.717, 1.165) is 6.07 Å². The van der Waals surface area contributed by atoms with Gasteiger partial charge in [0.2, 0.25) is 5.91 Å². The average molecular weight is 299 g/mol. The van der Waals surface area contributed by atoms with Crippen molar-refractivity contribution in [3.8, 4) is 0 Å². The summed E-state index contributed by atoms with van der Waals surface area (Å²) in [6.45, 7) is 6.60. The number of halogens is 2. The van der Waals surface area contributed by atoms with E-state index in [4.69, 9.17) is 4.74 Å². The number of rotatable bonds is 4. The van der Waals surface area contributed by atoms with Gasteiger partial charge in [-0.05, 0) is 33.8 Å². The lowest BCUT2D eigenvalue weighted by Crippen LogP contribution is -2.42. The second-order valence-electron chi connectivity index (χ2n) is 5.71. The molecule has 0 aliphatic carbocycles. The molecule has 0 unspecified atom stereocenters. The van der Waals surface area contributed by atoms with Crippen molar-refractivity contribution >= 4 is 11.9 Å². The Kier molecular flexibility index (Phi) is 5.41. The molecule has 0 fully saturated rings. The van der Waals surface area contributed by atoms with Gasteiger partial charge < -0.3 is 10.1 Å². The molecular weight excluding hydrogens is 280 g/mol. The van der Waals surface area contributed by atoms with Crippen molar-refractivity contribution in [2.75, 3.05) is 0 Å². The largest absolute Gasteiger partial charge is 0.458 e. The molecule has 4 nitrogen and oxygen atoms in total. The zero-order valence-corrected chi connectivity index (χ0v) is 12.5. The average Bonchev–Trinajstić information content (AvgIpc) is 2.32. The topological polar surface area (TPSA) is 55.4 Å². The fourth-order valence-corrected chi connectivity index (χ4v) is 1.60. The van der Waals surface area contributed by atoms with E-state index in [1.54, 1.807) is 20.8 Å². The molecule has 0 radical (unpaired) electrons. The first kappa shape index (κ1) is 17.1. The van der Waals surface area contributed by atoms with Crippen molar-refractivity contribution in [3.63, 3.8) is 0 Å². The second-order valence-corrected chi connectivity index (χ2v) is 5.71. The number of amides is 1. The normalized spacial score (nSPS) is 12.7. The smallest absolute Gasteiger partial charge is 0.328 e. The number of esters is 1. The molecule has 1 amide bonds. The summed E-state index contributed by atoms with van der Waals surface area (Å²) in [5.74, 6) is -3.24. The Morgan fingerprint density at radius 2 is 1.90 bits per heavy atom. The lowest BCUT2D eigenvalue weighted by atomic mass is 10.1. The molecule has 0 heterocycles. The molecule has 0 aromatic heterocycles. The van der Waals surface area contributed by atoms with E-state index in [-0.39, 0.29) is 12.0 Å². The van der Waals surface area contributed by atoms with Crippen LogP contribution >= 0.6 is 0 Å². The van der Waals surface area contributed by atoms with Crippen LogP contribution in [0, 0.1) is 11.6 Å². The number of hydrogen-bond donors (Lipinski definition) is 1. The Labute approximate surface area is 122 Å². The fourth-order valence-electron chi connectivity index (χ4n) is 1.60. The van der Waals surface area contributed by atoms with Crippen molar-refractivity contribution in [2.45, 2.75) is 45.8 Å². The first-order chi connectivity index (χ1) is 9.60. The zero-order valence-electron chi connectivity index (χ0n) is 12.5. The highest BCUT2D eigenvalue weighted by atomic mass is 19.2. The van der Waals surface area contributed by atoms with Crippen LogP contribution in [0.5, 0.6) is 0 Å². The van der Waals surface area contributed by atoms with E-state index in [0.29, 0.717) is 0 Å².